The number of rotatable bonds is 9. The zero-order chi connectivity index (χ0) is 23.8. The first-order chi connectivity index (χ1) is 15.8. The molecule has 0 spiro atoms. The van der Waals surface area contributed by atoms with Gasteiger partial charge >= 0.3 is 0 Å². The van der Waals surface area contributed by atoms with Gasteiger partial charge in [0.05, 0.1) is 6.42 Å². The van der Waals surface area contributed by atoms with Crippen molar-refractivity contribution in [3.05, 3.63) is 107 Å². The van der Waals surface area contributed by atoms with Gasteiger partial charge in [0.25, 0.3) is 0 Å². The normalized spacial score (nSPS) is 11.8. The molecule has 2 amide bonds. The average Bonchev–Trinajstić information content (AvgIpc) is 2.79. The van der Waals surface area contributed by atoms with E-state index in [9.17, 15) is 18.4 Å². The number of hydrogen-bond donors (Lipinski definition) is 1. The third kappa shape index (κ3) is 7.24. The quantitative estimate of drug-likeness (QED) is 0.515. The minimum absolute atomic E-state index is 0.0156. The van der Waals surface area contributed by atoms with Crippen molar-refractivity contribution in [2.75, 3.05) is 0 Å². The lowest BCUT2D eigenvalue weighted by molar-refractivity contribution is -0.141. The van der Waals surface area contributed by atoms with E-state index in [0.29, 0.717) is 17.5 Å². The van der Waals surface area contributed by atoms with Crippen LogP contribution in [0, 0.1) is 11.6 Å². The summed E-state index contributed by atoms with van der Waals surface area (Å²) in [6, 6.07) is 20.2. The summed E-state index contributed by atoms with van der Waals surface area (Å²) in [4.78, 5) is 28.2. The predicted molar refractivity (Wildman–Crippen MR) is 124 cm³/mol. The Bertz CT molecular complexity index is 1050. The van der Waals surface area contributed by atoms with E-state index in [1.54, 1.807) is 24.3 Å². The number of carbonyl (C=O) groups excluding carboxylic acids is 2. The van der Waals surface area contributed by atoms with Crippen LogP contribution >= 0.6 is 0 Å². The lowest BCUT2D eigenvalue weighted by Gasteiger charge is -2.32. The van der Waals surface area contributed by atoms with Gasteiger partial charge in [-0.3, -0.25) is 9.59 Å². The van der Waals surface area contributed by atoms with Crippen molar-refractivity contribution in [2.24, 2.45) is 0 Å². The van der Waals surface area contributed by atoms with Gasteiger partial charge in [0.2, 0.25) is 11.8 Å². The van der Waals surface area contributed by atoms with E-state index >= 15 is 0 Å². The Kier molecular flexibility index (Phi) is 8.30. The summed E-state index contributed by atoms with van der Waals surface area (Å²) in [7, 11) is 0. The molecule has 33 heavy (non-hydrogen) atoms. The fourth-order valence-electron chi connectivity index (χ4n) is 3.60. The molecule has 0 radical (unpaired) electrons. The lowest BCUT2D eigenvalue weighted by atomic mass is 10.0. The molecule has 3 aromatic rings. The second-order valence-corrected chi connectivity index (χ2v) is 8.32. The van der Waals surface area contributed by atoms with Crippen molar-refractivity contribution in [1.82, 2.24) is 10.2 Å². The zero-order valence-electron chi connectivity index (χ0n) is 18.8. The number of hydrogen-bond acceptors (Lipinski definition) is 2. The Morgan fingerprint density at radius 2 is 1.33 bits per heavy atom. The summed E-state index contributed by atoms with van der Waals surface area (Å²) in [5.74, 6) is -1.29. The topological polar surface area (TPSA) is 49.4 Å². The molecule has 0 saturated heterocycles. The fourth-order valence-corrected chi connectivity index (χ4v) is 3.60. The Morgan fingerprint density at radius 3 is 1.88 bits per heavy atom. The molecule has 0 saturated carbocycles. The molecule has 0 aliphatic heterocycles. The standard InChI is InChI=1S/C27H28F2N2O2/c1-19(2)30-27(33)25(16-20-6-4-3-5-7-20)31(18-22-10-14-24(29)15-11-22)26(32)17-21-8-12-23(28)13-9-21/h3-15,19,25H,16-18H2,1-2H3,(H,30,33)/t25-/m0/s1. The van der Waals surface area contributed by atoms with Gasteiger partial charge in [0.1, 0.15) is 17.7 Å². The second kappa shape index (κ2) is 11.4. The largest absolute Gasteiger partial charge is 0.352 e. The zero-order valence-corrected chi connectivity index (χ0v) is 18.8. The van der Waals surface area contributed by atoms with Crippen molar-refractivity contribution in [1.29, 1.82) is 0 Å². The summed E-state index contributed by atoms with van der Waals surface area (Å²) in [6.07, 6.45) is 0.345. The van der Waals surface area contributed by atoms with Crippen LogP contribution in [0.15, 0.2) is 78.9 Å². The van der Waals surface area contributed by atoms with Crippen LogP contribution < -0.4 is 5.32 Å². The second-order valence-electron chi connectivity index (χ2n) is 8.32. The van der Waals surface area contributed by atoms with Crippen LogP contribution in [0.25, 0.3) is 0 Å². The maximum Gasteiger partial charge on any atom is 0.243 e. The lowest BCUT2D eigenvalue weighted by Crippen LogP contribution is -2.52. The van der Waals surface area contributed by atoms with Crippen LogP contribution in [0.5, 0.6) is 0 Å². The van der Waals surface area contributed by atoms with E-state index in [1.165, 1.54) is 29.2 Å². The van der Waals surface area contributed by atoms with E-state index in [0.717, 1.165) is 5.56 Å². The van der Waals surface area contributed by atoms with E-state index in [4.69, 9.17) is 0 Å². The third-order valence-corrected chi connectivity index (χ3v) is 5.24. The number of halogens is 2. The average molecular weight is 451 g/mol. The minimum Gasteiger partial charge on any atom is -0.352 e. The highest BCUT2D eigenvalue weighted by Gasteiger charge is 2.30. The maximum absolute atomic E-state index is 13.5. The van der Waals surface area contributed by atoms with Gasteiger partial charge in [-0.25, -0.2) is 8.78 Å². The first-order valence-corrected chi connectivity index (χ1v) is 10.9. The van der Waals surface area contributed by atoms with Gasteiger partial charge in [-0.2, -0.15) is 0 Å². The highest BCUT2D eigenvalue weighted by atomic mass is 19.1. The molecule has 1 atom stereocenters. The number of carbonyl (C=O) groups is 2. The Labute approximate surface area is 193 Å². The number of nitrogens with zero attached hydrogens (tertiary/aromatic N) is 1. The van der Waals surface area contributed by atoms with Crippen LogP contribution in [0.4, 0.5) is 8.78 Å². The van der Waals surface area contributed by atoms with Crippen LogP contribution in [-0.2, 0) is 29.0 Å². The molecule has 1 N–H and O–H groups in total. The molecular formula is C27H28F2N2O2. The third-order valence-electron chi connectivity index (χ3n) is 5.24. The summed E-state index contributed by atoms with van der Waals surface area (Å²) < 4.78 is 26.8. The van der Waals surface area contributed by atoms with Crippen molar-refractivity contribution in [3.8, 4) is 0 Å². The first-order valence-electron chi connectivity index (χ1n) is 10.9. The minimum atomic E-state index is -0.771. The molecular weight excluding hydrogens is 422 g/mol. The summed E-state index contributed by atoms with van der Waals surface area (Å²) in [5.41, 5.74) is 2.27. The van der Waals surface area contributed by atoms with Crippen molar-refractivity contribution in [3.63, 3.8) is 0 Å². The summed E-state index contributed by atoms with van der Waals surface area (Å²) in [5, 5.41) is 2.92. The number of nitrogens with one attached hydrogen (secondary N) is 1. The SMILES string of the molecule is CC(C)NC(=O)[C@H](Cc1ccccc1)N(Cc1ccc(F)cc1)C(=O)Cc1ccc(F)cc1. The van der Waals surface area contributed by atoms with Crippen LogP contribution in [0.2, 0.25) is 0 Å². The Hall–Kier alpha value is -3.54. The smallest absolute Gasteiger partial charge is 0.243 e. The number of amides is 2. The first kappa shape index (κ1) is 24.1. The molecule has 0 bridgehead atoms. The van der Waals surface area contributed by atoms with Gasteiger partial charge in [0.15, 0.2) is 0 Å². The summed E-state index contributed by atoms with van der Waals surface area (Å²) in [6.45, 7) is 3.87. The van der Waals surface area contributed by atoms with E-state index in [2.05, 4.69) is 5.32 Å². The maximum atomic E-state index is 13.5. The van der Waals surface area contributed by atoms with Gasteiger partial charge in [-0.1, -0.05) is 54.6 Å². The van der Waals surface area contributed by atoms with Crippen LogP contribution in [-0.4, -0.2) is 28.8 Å². The van der Waals surface area contributed by atoms with Crippen molar-refractivity contribution in [2.45, 2.75) is 45.3 Å². The Morgan fingerprint density at radius 1 is 0.788 bits per heavy atom. The van der Waals surface area contributed by atoms with Crippen molar-refractivity contribution >= 4 is 11.8 Å². The molecule has 0 heterocycles. The van der Waals surface area contributed by atoms with E-state index < -0.39 is 6.04 Å². The predicted octanol–water partition coefficient (Wildman–Crippen LogP) is 4.67. The van der Waals surface area contributed by atoms with Gasteiger partial charge in [-0.05, 0) is 54.8 Å². The molecule has 0 aliphatic rings. The number of benzene rings is 3. The van der Waals surface area contributed by atoms with Gasteiger partial charge < -0.3 is 10.2 Å². The van der Waals surface area contributed by atoms with E-state index in [-0.39, 0.29) is 42.5 Å². The molecule has 0 aromatic heterocycles. The molecule has 4 nitrogen and oxygen atoms in total. The highest BCUT2D eigenvalue weighted by molar-refractivity contribution is 5.89. The molecule has 3 aromatic carbocycles. The molecule has 3 rings (SSSR count). The molecule has 6 heteroatoms. The monoisotopic (exact) mass is 450 g/mol. The van der Waals surface area contributed by atoms with Crippen molar-refractivity contribution < 1.29 is 18.4 Å². The van der Waals surface area contributed by atoms with E-state index in [1.807, 2.05) is 44.2 Å². The van der Waals surface area contributed by atoms with Crippen LogP contribution in [0.3, 0.4) is 0 Å². The highest BCUT2D eigenvalue weighted by Crippen LogP contribution is 2.17. The molecule has 172 valence electrons. The molecule has 0 aliphatic carbocycles. The van der Waals surface area contributed by atoms with Gasteiger partial charge in [0, 0.05) is 19.0 Å². The van der Waals surface area contributed by atoms with Crippen LogP contribution in [0.1, 0.15) is 30.5 Å². The molecule has 0 fully saturated rings. The fraction of sp³-hybridized carbons (Fsp3) is 0.259. The van der Waals surface area contributed by atoms with Gasteiger partial charge in [-0.15, -0.1) is 0 Å². The summed E-state index contributed by atoms with van der Waals surface area (Å²) >= 11 is 0. The molecule has 0 unspecified atom stereocenters. The Balaban J connectivity index is 1.95.